The van der Waals surface area contributed by atoms with Crippen molar-refractivity contribution in [3.05, 3.63) is 33.7 Å². The van der Waals surface area contributed by atoms with Crippen LogP contribution >= 0.6 is 22.9 Å². The van der Waals surface area contributed by atoms with Crippen LogP contribution in [0.5, 0.6) is 0 Å². The Balaban J connectivity index is 2.79. The summed E-state index contributed by atoms with van der Waals surface area (Å²) in [5, 5.41) is 2.03. The molecular formula is C10H10ClNS. The Morgan fingerprint density at radius 1 is 1.46 bits per heavy atom. The first kappa shape index (κ1) is 9.00. The van der Waals surface area contributed by atoms with Crippen LogP contribution in [0.1, 0.15) is 10.4 Å². The van der Waals surface area contributed by atoms with Gasteiger partial charge in [0.25, 0.3) is 0 Å². The molecule has 1 aromatic heterocycles. The van der Waals surface area contributed by atoms with Crippen LogP contribution in [-0.4, -0.2) is 0 Å². The lowest BCUT2D eigenvalue weighted by molar-refractivity contribution is 1.08. The molecule has 0 aliphatic rings. The van der Waals surface area contributed by atoms with Gasteiger partial charge in [0.2, 0.25) is 0 Å². The second kappa shape index (κ2) is 3.29. The molecule has 0 amide bonds. The topological polar surface area (TPSA) is 26.0 Å². The lowest BCUT2D eigenvalue weighted by Gasteiger charge is -1.95. The van der Waals surface area contributed by atoms with Gasteiger partial charge in [0, 0.05) is 21.1 Å². The minimum atomic E-state index is 0.605. The zero-order valence-corrected chi connectivity index (χ0v) is 8.88. The van der Waals surface area contributed by atoms with Gasteiger partial charge < -0.3 is 5.73 Å². The third-order valence-electron chi connectivity index (χ3n) is 2.16. The Labute approximate surface area is 86.1 Å². The van der Waals surface area contributed by atoms with Gasteiger partial charge in [-0.2, -0.15) is 0 Å². The van der Waals surface area contributed by atoms with Crippen molar-refractivity contribution in [3.63, 3.8) is 0 Å². The van der Waals surface area contributed by atoms with Crippen LogP contribution in [0.4, 0.5) is 0 Å². The minimum Gasteiger partial charge on any atom is -0.326 e. The van der Waals surface area contributed by atoms with Crippen molar-refractivity contribution in [3.8, 4) is 0 Å². The van der Waals surface area contributed by atoms with Crippen LogP contribution in [-0.2, 0) is 6.54 Å². The van der Waals surface area contributed by atoms with E-state index in [-0.39, 0.29) is 0 Å². The zero-order valence-electron chi connectivity index (χ0n) is 7.30. The highest BCUT2D eigenvalue weighted by molar-refractivity contribution is 7.19. The van der Waals surface area contributed by atoms with E-state index in [2.05, 4.69) is 6.92 Å². The molecule has 2 aromatic rings. The summed E-state index contributed by atoms with van der Waals surface area (Å²) in [7, 11) is 0. The van der Waals surface area contributed by atoms with E-state index in [9.17, 15) is 0 Å². The first-order valence-electron chi connectivity index (χ1n) is 4.10. The molecule has 0 atom stereocenters. The highest BCUT2D eigenvalue weighted by atomic mass is 35.5. The van der Waals surface area contributed by atoms with Crippen molar-refractivity contribution in [1.29, 1.82) is 0 Å². The van der Waals surface area contributed by atoms with E-state index in [1.54, 1.807) is 11.3 Å². The Hall–Kier alpha value is -0.570. The fraction of sp³-hybridized carbons (Fsp3) is 0.200. The van der Waals surface area contributed by atoms with Crippen molar-refractivity contribution in [2.24, 2.45) is 5.73 Å². The summed E-state index contributed by atoms with van der Waals surface area (Å²) >= 11 is 7.65. The van der Waals surface area contributed by atoms with Gasteiger partial charge >= 0.3 is 0 Å². The number of aryl methyl sites for hydroxylation is 1. The molecule has 0 aliphatic carbocycles. The fourth-order valence-corrected chi connectivity index (χ4v) is 2.87. The molecule has 0 saturated carbocycles. The van der Waals surface area contributed by atoms with Crippen molar-refractivity contribution in [2.45, 2.75) is 13.5 Å². The van der Waals surface area contributed by atoms with Crippen LogP contribution in [0.3, 0.4) is 0 Å². The molecule has 0 fully saturated rings. The summed E-state index contributed by atoms with van der Waals surface area (Å²) in [6, 6.07) is 5.95. The normalized spacial score (nSPS) is 11.0. The Kier molecular flexibility index (Phi) is 2.28. The van der Waals surface area contributed by atoms with Gasteiger partial charge in [0.1, 0.15) is 0 Å². The molecule has 0 bridgehead atoms. The molecule has 13 heavy (non-hydrogen) atoms. The molecule has 3 heteroatoms. The lowest BCUT2D eigenvalue weighted by atomic mass is 10.1. The first-order valence-corrected chi connectivity index (χ1v) is 5.29. The van der Waals surface area contributed by atoms with E-state index in [1.807, 2.05) is 18.2 Å². The van der Waals surface area contributed by atoms with Gasteiger partial charge in [-0.05, 0) is 30.0 Å². The summed E-state index contributed by atoms with van der Waals surface area (Å²) in [5.74, 6) is 0. The van der Waals surface area contributed by atoms with E-state index in [0.717, 1.165) is 5.02 Å². The molecule has 1 aromatic carbocycles. The van der Waals surface area contributed by atoms with E-state index in [4.69, 9.17) is 17.3 Å². The van der Waals surface area contributed by atoms with Gasteiger partial charge in [-0.15, -0.1) is 11.3 Å². The average Bonchev–Trinajstić information content (AvgIpc) is 2.39. The molecule has 0 spiro atoms. The fourth-order valence-electron chi connectivity index (χ4n) is 1.50. The maximum Gasteiger partial charge on any atom is 0.0420 e. The van der Waals surface area contributed by atoms with Gasteiger partial charge in [0.05, 0.1) is 0 Å². The zero-order chi connectivity index (χ0) is 9.42. The molecule has 2 N–H and O–H groups in total. The average molecular weight is 212 g/mol. The van der Waals surface area contributed by atoms with E-state index < -0.39 is 0 Å². The van der Waals surface area contributed by atoms with Crippen molar-refractivity contribution >= 4 is 33.0 Å². The molecule has 2 rings (SSSR count). The third-order valence-corrected chi connectivity index (χ3v) is 3.51. The summed E-state index contributed by atoms with van der Waals surface area (Å²) in [4.78, 5) is 1.29. The minimum absolute atomic E-state index is 0.605. The van der Waals surface area contributed by atoms with Crippen molar-refractivity contribution < 1.29 is 0 Å². The van der Waals surface area contributed by atoms with Crippen LogP contribution < -0.4 is 5.73 Å². The van der Waals surface area contributed by atoms with E-state index in [1.165, 1.54) is 20.5 Å². The van der Waals surface area contributed by atoms with Crippen LogP contribution in [0.2, 0.25) is 5.02 Å². The SMILES string of the molecule is Cc1sc2cc(Cl)ccc2c1CN. The number of benzene rings is 1. The summed E-state index contributed by atoms with van der Waals surface area (Å²) in [5.41, 5.74) is 6.92. The van der Waals surface area contributed by atoms with Crippen LogP contribution in [0, 0.1) is 6.92 Å². The smallest absolute Gasteiger partial charge is 0.0420 e. The second-order valence-corrected chi connectivity index (χ2v) is 4.67. The summed E-state index contributed by atoms with van der Waals surface area (Å²) in [6.07, 6.45) is 0. The Morgan fingerprint density at radius 3 is 2.92 bits per heavy atom. The van der Waals surface area contributed by atoms with E-state index in [0.29, 0.717) is 6.54 Å². The van der Waals surface area contributed by atoms with Crippen LogP contribution in [0.15, 0.2) is 18.2 Å². The van der Waals surface area contributed by atoms with E-state index >= 15 is 0 Å². The molecule has 0 saturated heterocycles. The number of halogens is 1. The molecule has 1 heterocycles. The highest BCUT2D eigenvalue weighted by Crippen LogP contribution is 2.32. The number of hydrogen-bond donors (Lipinski definition) is 1. The van der Waals surface area contributed by atoms with Crippen LogP contribution in [0.25, 0.3) is 10.1 Å². The largest absolute Gasteiger partial charge is 0.326 e. The molecule has 68 valence electrons. The number of hydrogen-bond acceptors (Lipinski definition) is 2. The molecule has 0 aliphatic heterocycles. The molecule has 0 unspecified atom stereocenters. The summed E-state index contributed by atoms with van der Waals surface area (Å²) < 4.78 is 1.23. The number of thiophene rings is 1. The maximum absolute atomic E-state index is 5.90. The second-order valence-electron chi connectivity index (χ2n) is 2.98. The van der Waals surface area contributed by atoms with Crippen molar-refractivity contribution in [1.82, 2.24) is 0 Å². The monoisotopic (exact) mass is 211 g/mol. The molecule has 0 radical (unpaired) electrons. The summed E-state index contributed by atoms with van der Waals surface area (Å²) in [6.45, 7) is 2.70. The predicted octanol–water partition coefficient (Wildman–Crippen LogP) is 3.32. The number of rotatable bonds is 1. The number of nitrogens with two attached hydrogens (primary N) is 1. The van der Waals surface area contributed by atoms with Gasteiger partial charge in [-0.25, -0.2) is 0 Å². The van der Waals surface area contributed by atoms with Gasteiger partial charge in [-0.1, -0.05) is 17.7 Å². The quantitative estimate of drug-likeness (QED) is 0.770. The van der Waals surface area contributed by atoms with Gasteiger partial charge in [0.15, 0.2) is 0 Å². The van der Waals surface area contributed by atoms with Crippen molar-refractivity contribution in [2.75, 3.05) is 0 Å². The highest BCUT2D eigenvalue weighted by Gasteiger charge is 2.06. The third kappa shape index (κ3) is 1.46. The molecule has 1 nitrogen and oxygen atoms in total. The lowest BCUT2D eigenvalue weighted by Crippen LogP contribution is -1.95. The standard InChI is InChI=1S/C10H10ClNS/c1-6-9(5-12)8-3-2-7(11)4-10(8)13-6/h2-4H,5,12H2,1H3. The predicted molar refractivity (Wildman–Crippen MR) is 59.5 cm³/mol. The maximum atomic E-state index is 5.90. The first-order chi connectivity index (χ1) is 6.22. The Bertz CT molecular complexity index is 447. The number of fused-ring (bicyclic) bond motifs is 1. The van der Waals surface area contributed by atoms with Gasteiger partial charge in [-0.3, -0.25) is 0 Å². The molecular weight excluding hydrogens is 202 g/mol. The Morgan fingerprint density at radius 2 is 2.23 bits per heavy atom.